The fourth-order valence-electron chi connectivity index (χ4n) is 5.29. The van der Waals surface area contributed by atoms with Gasteiger partial charge in [0.05, 0.1) is 35.1 Å². The van der Waals surface area contributed by atoms with Crippen molar-refractivity contribution in [2.75, 3.05) is 26.4 Å². The Kier molecular flexibility index (Phi) is 11.9. The lowest BCUT2D eigenvalue weighted by Crippen LogP contribution is -2.39. The quantitative estimate of drug-likeness (QED) is 0.101. The molecule has 1 atom stereocenters. The molecule has 1 aromatic heterocycles. The summed E-state index contributed by atoms with van der Waals surface area (Å²) in [5.41, 5.74) is 2.02. The second-order valence-electron chi connectivity index (χ2n) is 11.0. The van der Waals surface area contributed by atoms with E-state index in [-0.39, 0.29) is 12.2 Å². The molecule has 0 saturated heterocycles. The number of fused-ring (bicyclic) bond motifs is 1. The Hall–Kier alpha value is -4.34. The number of unbranched alkanes of at least 4 members (excludes halogenated alkanes) is 3. The van der Waals surface area contributed by atoms with Gasteiger partial charge in [0.1, 0.15) is 30.5 Å². The Morgan fingerprint density at radius 2 is 1.57 bits per heavy atom. The SMILES string of the molecule is CCCCCCOc1ccc(OCCOc2ccccc2C=c2sc3n(c2=O)C(c2ccc(Cl)cc2)C(C(=O)OCC)=C(C)N=3)cc1. The molecule has 8 nitrogen and oxygen atoms in total. The lowest BCUT2D eigenvalue weighted by Gasteiger charge is -2.24. The minimum absolute atomic E-state index is 0.204. The number of hydrogen-bond acceptors (Lipinski definition) is 8. The van der Waals surface area contributed by atoms with Crippen LogP contribution in [-0.4, -0.2) is 37.0 Å². The first kappa shape index (κ1) is 34.0. The maximum atomic E-state index is 14.0. The van der Waals surface area contributed by atoms with Crippen molar-refractivity contribution in [1.82, 2.24) is 4.57 Å². The number of halogens is 1. The van der Waals surface area contributed by atoms with Crippen molar-refractivity contribution in [3.8, 4) is 17.2 Å². The number of carbonyl (C=O) groups excluding carboxylic acids is 1. The topological polar surface area (TPSA) is 88.4 Å². The molecule has 246 valence electrons. The first-order chi connectivity index (χ1) is 22.9. The fourth-order valence-corrected chi connectivity index (χ4v) is 6.45. The summed E-state index contributed by atoms with van der Waals surface area (Å²) in [6, 6.07) is 21.5. The Balaban J connectivity index is 1.31. The molecule has 3 aromatic carbocycles. The van der Waals surface area contributed by atoms with Gasteiger partial charge >= 0.3 is 5.97 Å². The van der Waals surface area contributed by atoms with Gasteiger partial charge in [0.2, 0.25) is 0 Å². The van der Waals surface area contributed by atoms with Crippen molar-refractivity contribution >= 4 is 35.0 Å². The Morgan fingerprint density at radius 3 is 2.28 bits per heavy atom. The summed E-state index contributed by atoms with van der Waals surface area (Å²) in [4.78, 5) is 32.2. The number of ether oxygens (including phenoxy) is 4. The van der Waals surface area contributed by atoms with Gasteiger partial charge in [0.15, 0.2) is 4.80 Å². The average Bonchev–Trinajstić information content (AvgIpc) is 3.37. The largest absolute Gasteiger partial charge is 0.494 e. The summed E-state index contributed by atoms with van der Waals surface area (Å²) in [5, 5.41) is 0.553. The molecule has 1 aliphatic heterocycles. The fraction of sp³-hybridized carbons (Fsp3) is 0.324. The molecule has 0 saturated carbocycles. The van der Waals surface area contributed by atoms with Crippen LogP contribution in [0, 0.1) is 0 Å². The molecule has 47 heavy (non-hydrogen) atoms. The minimum Gasteiger partial charge on any atom is -0.494 e. The van der Waals surface area contributed by atoms with Gasteiger partial charge in [-0.05, 0) is 74.4 Å². The highest BCUT2D eigenvalue weighted by molar-refractivity contribution is 7.07. The van der Waals surface area contributed by atoms with Crippen LogP contribution in [0.5, 0.6) is 17.2 Å². The predicted molar refractivity (Wildman–Crippen MR) is 185 cm³/mol. The summed E-state index contributed by atoms with van der Waals surface area (Å²) in [6.07, 6.45) is 6.47. The second-order valence-corrected chi connectivity index (χ2v) is 12.4. The Morgan fingerprint density at radius 1 is 0.894 bits per heavy atom. The predicted octanol–water partition coefficient (Wildman–Crippen LogP) is 6.87. The van der Waals surface area contributed by atoms with Crippen molar-refractivity contribution in [3.05, 3.63) is 120 Å². The molecule has 0 aliphatic carbocycles. The molecule has 4 aromatic rings. The van der Waals surface area contributed by atoms with Crippen molar-refractivity contribution < 1.29 is 23.7 Å². The smallest absolute Gasteiger partial charge is 0.338 e. The Labute approximate surface area is 283 Å². The number of rotatable bonds is 15. The Bertz CT molecular complexity index is 1880. The molecule has 2 heterocycles. The van der Waals surface area contributed by atoms with E-state index in [0.29, 0.717) is 51.2 Å². The van der Waals surface area contributed by atoms with E-state index in [4.69, 9.17) is 30.5 Å². The first-order valence-corrected chi connectivity index (χ1v) is 17.1. The number of esters is 1. The first-order valence-electron chi connectivity index (χ1n) is 15.9. The molecule has 1 unspecified atom stereocenters. The number of aromatic nitrogens is 1. The van der Waals surface area contributed by atoms with Gasteiger partial charge in [0.25, 0.3) is 5.56 Å². The van der Waals surface area contributed by atoms with Crippen LogP contribution in [0.2, 0.25) is 5.02 Å². The van der Waals surface area contributed by atoms with E-state index in [1.165, 1.54) is 30.6 Å². The van der Waals surface area contributed by atoms with Gasteiger partial charge in [-0.1, -0.05) is 79.5 Å². The van der Waals surface area contributed by atoms with E-state index >= 15 is 0 Å². The normalized spacial score (nSPS) is 14.4. The molecule has 0 N–H and O–H groups in total. The van der Waals surface area contributed by atoms with E-state index in [9.17, 15) is 9.59 Å². The zero-order valence-corrected chi connectivity index (χ0v) is 28.4. The number of hydrogen-bond donors (Lipinski definition) is 0. The highest BCUT2D eigenvalue weighted by atomic mass is 35.5. The maximum Gasteiger partial charge on any atom is 0.338 e. The highest BCUT2D eigenvalue weighted by Crippen LogP contribution is 2.31. The van der Waals surface area contributed by atoms with Crippen LogP contribution in [0.1, 0.15) is 63.6 Å². The molecular formula is C37H39ClN2O6S. The maximum absolute atomic E-state index is 14.0. The minimum atomic E-state index is -0.709. The number of benzene rings is 3. The van der Waals surface area contributed by atoms with Crippen LogP contribution in [0.15, 0.2) is 93.9 Å². The number of allylic oxidation sites excluding steroid dienone is 1. The second kappa shape index (κ2) is 16.5. The molecule has 1 aliphatic rings. The summed E-state index contributed by atoms with van der Waals surface area (Å²) < 4.78 is 25.2. The van der Waals surface area contributed by atoms with E-state index in [0.717, 1.165) is 29.0 Å². The number of thiazole rings is 1. The molecule has 5 rings (SSSR count). The van der Waals surface area contributed by atoms with Gasteiger partial charge in [-0.3, -0.25) is 9.36 Å². The zero-order valence-electron chi connectivity index (χ0n) is 26.9. The van der Waals surface area contributed by atoms with Crippen LogP contribution < -0.4 is 29.1 Å². The summed E-state index contributed by atoms with van der Waals surface area (Å²) in [5.74, 6) is 1.67. The third kappa shape index (κ3) is 8.53. The van der Waals surface area contributed by atoms with Crippen LogP contribution in [0.3, 0.4) is 0 Å². The van der Waals surface area contributed by atoms with Gasteiger partial charge < -0.3 is 18.9 Å². The third-order valence-electron chi connectivity index (χ3n) is 7.61. The van der Waals surface area contributed by atoms with Crippen LogP contribution in [-0.2, 0) is 9.53 Å². The van der Waals surface area contributed by atoms with Crippen molar-refractivity contribution in [2.24, 2.45) is 4.99 Å². The van der Waals surface area contributed by atoms with Gasteiger partial charge in [0, 0.05) is 10.6 Å². The summed E-state index contributed by atoms with van der Waals surface area (Å²) in [6.45, 7) is 7.26. The monoisotopic (exact) mass is 674 g/mol. The van der Waals surface area contributed by atoms with E-state index in [1.807, 2.05) is 60.7 Å². The van der Waals surface area contributed by atoms with Crippen LogP contribution in [0.4, 0.5) is 0 Å². The number of carbonyl (C=O) groups is 1. The molecule has 10 heteroatoms. The molecule has 0 radical (unpaired) electrons. The third-order valence-corrected chi connectivity index (χ3v) is 8.84. The molecular weight excluding hydrogens is 636 g/mol. The van der Waals surface area contributed by atoms with Gasteiger partial charge in [-0.15, -0.1) is 0 Å². The van der Waals surface area contributed by atoms with Gasteiger partial charge in [-0.2, -0.15) is 0 Å². The average molecular weight is 675 g/mol. The van der Waals surface area contributed by atoms with Crippen molar-refractivity contribution in [1.29, 1.82) is 0 Å². The van der Waals surface area contributed by atoms with Crippen molar-refractivity contribution in [3.63, 3.8) is 0 Å². The number of para-hydroxylation sites is 1. The van der Waals surface area contributed by atoms with E-state index in [2.05, 4.69) is 11.9 Å². The standard InChI is InChI=1S/C37H39ClN2O6S/c1-4-6-7-10-21-44-29-17-19-30(20-18-29)45-22-23-46-31-12-9-8-11-27(31)24-32-35(41)40-34(26-13-15-28(38)16-14-26)33(36(42)43-5-2)25(3)39-37(40)47-32/h8-9,11-20,24,34H,4-7,10,21-23H2,1-3H3. The lowest BCUT2D eigenvalue weighted by atomic mass is 9.96. The van der Waals surface area contributed by atoms with E-state index in [1.54, 1.807) is 36.6 Å². The summed E-state index contributed by atoms with van der Waals surface area (Å²) in [7, 11) is 0. The molecule has 0 bridgehead atoms. The van der Waals surface area contributed by atoms with Gasteiger partial charge in [-0.25, -0.2) is 9.79 Å². The molecule has 0 spiro atoms. The number of nitrogens with zero attached hydrogens (tertiary/aromatic N) is 2. The zero-order chi connectivity index (χ0) is 33.2. The van der Waals surface area contributed by atoms with Crippen molar-refractivity contribution in [2.45, 2.75) is 52.5 Å². The lowest BCUT2D eigenvalue weighted by molar-refractivity contribution is -0.139. The van der Waals surface area contributed by atoms with E-state index < -0.39 is 12.0 Å². The van der Waals surface area contributed by atoms with Crippen LogP contribution >= 0.6 is 22.9 Å². The highest BCUT2D eigenvalue weighted by Gasteiger charge is 2.33. The molecule has 0 fully saturated rings. The molecule has 0 amide bonds. The summed E-state index contributed by atoms with van der Waals surface area (Å²) >= 11 is 7.42. The van der Waals surface area contributed by atoms with Crippen LogP contribution in [0.25, 0.3) is 6.08 Å².